The molecule has 0 aromatic carbocycles. The Balaban J connectivity index is 2.15. The molecule has 0 fully saturated rings. The number of hydrogen-bond donors (Lipinski definition) is 2. The first-order valence-electron chi connectivity index (χ1n) is 6.59. The molecule has 1 rings (SSSR count). The molecule has 19 heavy (non-hydrogen) atoms. The average Bonchev–Trinajstić information content (AvgIpc) is 2.86. The molecule has 1 heterocycles. The molecule has 0 amide bonds. The molecule has 0 spiro atoms. The lowest BCUT2D eigenvalue weighted by Gasteiger charge is -2.23. The summed E-state index contributed by atoms with van der Waals surface area (Å²) in [6.45, 7) is 7.65. The van der Waals surface area contributed by atoms with Crippen LogP contribution in [0.2, 0.25) is 0 Å². The Bertz CT molecular complexity index is 393. The van der Waals surface area contributed by atoms with Crippen molar-refractivity contribution in [3.05, 3.63) is 11.9 Å². The summed E-state index contributed by atoms with van der Waals surface area (Å²) in [5.74, 6) is -1.05. The Hall–Kier alpha value is -1.47. The summed E-state index contributed by atoms with van der Waals surface area (Å²) in [4.78, 5) is 12.9. The molecule has 1 atom stereocenters. The van der Waals surface area contributed by atoms with Gasteiger partial charge in [-0.3, -0.25) is 4.68 Å². The number of carboxylic acids is 1. The predicted molar refractivity (Wildman–Crippen MR) is 72.2 cm³/mol. The van der Waals surface area contributed by atoms with Crippen molar-refractivity contribution in [1.29, 1.82) is 0 Å². The number of nitrogens with one attached hydrogen (secondary N) is 1. The van der Waals surface area contributed by atoms with Crippen LogP contribution in [0.3, 0.4) is 0 Å². The molecule has 7 nitrogen and oxygen atoms in total. The van der Waals surface area contributed by atoms with E-state index >= 15 is 0 Å². The summed E-state index contributed by atoms with van der Waals surface area (Å²) < 4.78 is 1.54. The standard InChI is InChI=1S/C12H23N5O2/c1-4-10(2)16(3)7-5-13-6-8-17-9-11(12(18)19)14-15-17/h9-10,13H,4-8H2,1-3H3,(H,18,19). The summed E-state index contributed by atoms with van der Waals surface area (Å²) in [5, 5.41) is 19.3. The van der Waals surface area contributed by atoms with E-state index < -0.39 is 5.97 Å². The molecule has 1 unspecified atom stereocenters. The van der Waals surface area contributed by atoms with Gasteiger partial charge >= 0.3 is 5.97 Å². The molecular weight excluding hydrogens is 246 g/mol. The van der Waals surface area contributed by atoms with Crippen molar-refractivity contribution in [1.82, 2.24) is 25.2 Å². The second kappa shape index (κ2) is 7.85. The van der Waals surface area contributed by atoms with Gasteiger partial charge in [0.25, 0.3) is 0 Å². The number of rotatable bonds is 9. The van der Waals surface area contributed by atoms with E-state index in [-0.39, 0.29) is 5.69 Å². The summed E-state index contributed by atoms with van der Waals surface area (Å²) >= 11 is 0. The number of aromatic carboxylic acids is 1. The summed E-state index contributed by atoms with van der Waals surface area (Å²) in [5.41, 5.74) is -0.0171. The smallest absolute Gasteiger partial charge is 0.358 e. The van der Waals surface area contributed by atoms with Crippen LogP contribution in [-0.2, 0) is 6.54 Å². The number of aromatic nitrogens is 3. The van der Waals surface area contributed by atoms with Gasteiger partial charge in [-0.05, 0) is 20.4 Å². The minimum absolute atomic E-state index is 0.0171. The molecule has 0 aliphatic heterocycles. The van der Waals surface area contributed by atoms with Crippen LogP contribution in [0.25, 0.3) is 0 Å². The van der Waals surface area contributed by atoms with Crippen molar-refractivity contribution in [3.63, 3.8) is 0 Å². The van der Waals surface area contributed by atoms with E-state index in [9.17, 15) is 4.79 Å². The summed E-state index contributed by atoms with van der Waals surface area (Å²) in [7, 11) is 2.12. The molecular formula is C12H23N5O2. The molecule has 0 radical (unpaired) electrons. The third kappa shape index (κ3) is 5.35. The first-order valence-corrected chi connectivity index (χ1v) is 6.59. The largest absolute Gasteiger partial charge is 0.476 e. The van der Waals surface area contributed by atoms with E-state index in [4.69, 9.17) is 5.11 Å². The van der Waals surface area contributed by atoms with Gasteiger partial charge in [0.2, 0.25) is 0 Å². The maximum atomic E-state index is 10.6. The predicted octanol–water partition coefficient (Wildman–Crippen LogP) is 0.296. The van der Waals surface area contributed by atoms with Crippen molar-refractivity contribution in [3.8, 4) is 0 Å². The Kier molecular flexibility index (Phi) is 6.44. The molecule has 108 valence electrons. The van der Waals surface area contributed by atoms with Gasteiger partial charge in [-0.2, -0.15) is 0 Å². The highest BCUT2D eigenvalue weighted by molar-refractivity contribution is 5.84. The molecule has 0 bridgehead atoms. The zero-order chi connectivity index (χ0) is 14.3. The lowest BCUT2D eigenvalue weighted by atomic mass is 10.2. The van der Waals surface area contributed by atoms with E-state index in [1.165, 1.54) is 10.9 Å². The van der Waals surface area contributed by atoms with Gasteiger partial charge in [0.1, 0.15) is 0 Å². The van der Waals surface area contributed by atoms with E-state index in [2.05, 4.69) is 41.4 Å². The lowest BCUT2D eigenvalue weighted by Crippen LogP contribution is -2.35. The van der Waals surface area contributed by atoms with Gasteiger partial charge in [-0.1, -0.05) is 12.1 Å². The van der Waals surface area contributed by atoms with E-state index in [0.717, 1.165) is 26.1 Å². The zero-order valence-electron chi connectivity index (χ0n) is 11.8. The minimum Gasteiger partial charge on any atom is -0.476 e. The number of carboxylic acid groups (broad SMARTS) is 1. The molecule has 0 aliphatic carbocycles. The molecule has 0 saturated heterocycles. The minimum atomic E-state index is -1.05. The average molecular weight is 269 g/mol. The molecule has 0 saturated carbocycles. The topological polar surface area (TPSA) is 83.3 Å². The molecule has 2 N–H and O–H groups in total. The van der Waals surface area contributed by atoms with Gasteiger partial charge < -0.3 is 15.3 Å². The highest BCUT2D eigenvalue weighted by Gasteiger charge is 2.08. The Morgan fingerprint density at radius 1 is 1.58 bits per heavy atom. The first-order chi connectivity index (χ1) is 9.04. The van der Waals surface area contributed by atoms with Gasteiger partial charge in [-0.25, -0.2) is 4.79 Å². The van der Waals surface area contributed by atoms with Crippen molar-refractivity contribution in [2.75, 3.05) is 26.7 Å². The zero-order valence-corrected chi connectivity index (χ0v) is 11.8. The Morgan fingerprint density at radius 3 is 2.89 bits per heavy atom. The number of nitrogens with zero attached hydrogens (tertiary/aromatic N) is 4. The maximum Gasteiger partial charge on any atom is 0.358 e. The van der Waals surface area contributed by atoms with Crippen LogP contribution < -0.4 is 5.32 Å². The summed E-state index contributed by atoms with van der Waals surface area (Å²) in [6.07, 6.45) is 2.59. The number of likely N-dealkylation sites (N-methyl/N-ethyl adjacent to an activating group) is 1. The van der Waals surface area contributed by atoms with Crippen molar-refractivity contribution < 1.29 is 9.90 Å². The lowest BCUT2D eigenvalue weighted by molar-refractivity contribution is 0.0690. The Labute approximate surface area is 113 Å². The fraction of sp³-hybridized carbons (Fsp3) is 0.750. The fourth-order valence-corrected chi connectivity index (χ4v) is 1.61. The second-order valence-corrected chi connectivity index (χ2v) is 4.66. The molecule has 0 aliphatic rings. The molecule has 1 aromatic heterocycles. The van der Waals surface area contributed by atoms with Gasteiger partial charge in [0, 0.05) is 25.7 Å². The quantitative estimate of drug-likeness (QED) is 0.627. The SMILES string of the molecule is CCC(C)N(C)CCNCCn1cc(C(=O)O)nn1. The highest BCUT2D eigenvalue weighted by atomic mass is 16.4. The van der Waals surface area contributed by atoms with Crippen molar-refractivity contribution in [2.24, 2.45) is 0 Å². The molecule has 1 aromatic rings. The van der Waals surface area contributed by atoms with Gasteiger partial charge in [-0.15, -0.1) is 5.10 Å². The van der Waals surface area contributed by atoms with Crippen LogP contribution >= 0.6 is 0 Å². The van der Waals surface area contributed by atoms with E-state index in [0.29, 0.717) is 12.6 Å². The fourth-order valence-electron chi connectivity index (χ4n) is 1.61. The third-order valence-electron chi connectivity index (χ3n) is 3.26. The van der Waals surface area contributed by atoms with Gasteiger partial charge in [0.05, 0.1) is 12.7 Å². The van der Waals surface area contributed by atoms with Crippen LogP contribution in [0.5, 0.6) is 0 Å². The van der Waals surface area contributed by atoms with E-state index in [1.54, 1.807) is 0 Å². The number of carbonyl (C=O) groups is 1. The van der Waals surface area contributed by atoms with Crippen LogP contribution in [-0.4, -0.2) is 63.7 Å². The van der Waals surface area contributed by atoms with Crippen molar-refractivity contribution >= 4 is 5.97 Å². The van der Waals surface area contributed by atoms with Crippen molar-refractivity contribution in [2.45, 2.75) is 32.9 Å². The van der Waals surface area contributed by atoms with E-state index in [1.807, 2.05) is 0 Å². The second-order valence-electron chi connectivity index (χ2n) is 4.66. The molecule has 7 heteroatoms. The van der Waals surface area contributed by atoms with Gasteiger partial charge in [0.15, 0.2) is 5.69 Å². The summed E-state index contributed by atoms with van der Waals surface area (Å²) in [6, 6.07) is 0.593. The van der Waals surface area contributed by atoms with Crippen LogP contribution in [0.1, 0.15) is 30.8 Å². The Morgan fingerprint density at radius 2 is 2.32 bits per heavy atom. The third-order valence-corrected chi connectivity index (χ3v) is 3.26. The first kappa shape index (κ1) is 15.6. The normalized spacial score (nSPS) is 12.8. The number of hydrogen-bond acceptors (Lipinski definition) is 5. The van der Waals surface area contributed by atoms with Crippen LogP contribution in [0, 0.1) is 0 Å². The maximum absolute atomic E-state index is 10.6. The van der Waals surface area contributed by atoms with Crippen LogP contribution in [0.4, 0.5) is 0 Å². The monoisotopic (exact) mass is 269 g/mol. The van der Waals surface area contributed by atoms with Crippen LogP contribution in [0.15, 0.2) is 6.20 Å². The highest BCUT2D eigenvalue weighted by Crippen LogP contribution is 1.98.